The average Bonchev–Trinajstić information content (AvgIpc) is 2.87. The Hall–Kier alpha value is -1.66. The minimum absolute atomic E-state index is 0.140. The summed E-state index contributed by atoms with van der Waals surface area (Å²) in [6.07, 6.45) is 1.54. The van der Waals surface area contributed by atoms with Gasteiger partial charge in [-0.05, 0) is 54.2 Å². The molecule has 1 aliphatic heterocycles. The molecular weight excluding hydrogens is 417 g/mol. The summed E-state index contributed by atoms with van der Waals surface area (Å²) in [6.45, 7) is 0.320. The second kappa shape index (κ2) is 8.35. The van der Waals surface area contributed by atoms with Crippen molar-refractivity contribution in [3.8, 4) is 5.75 Å². The maximum absolute atomic E-state index is 12.5. The first-order valence-electron chi connectivity index (χ1n) is 7.53. The molecule has 0 atom stereocenters. The van der Waals surface area contributed by atoms with Gasteiger partial charge in [0.25, 0.3) is 11.1 Å². The second-order valence-electron chi connectivity index (χ2n) is 5.27. The Morgan fingerprint density at radius 2 is 1.65 bits per heavy atom. The highest BCUT2D eigenvalue weighted by Gasteiger charge is 2.35. The van der Waals surface area contributed by atoms with Crippen molar-refractivity contribution in [3.63, 3.8) is 0 Å². The molecule has 4 nitrogen and oxygen atoms in total. The van der Waals surface area contributed by atoms with Crippen molar-refractivity contribution in [3.05, 3.63) is 68.0 Å². The van der Waals surface area contributed by atoms with Crippen LogP contribution in [0.2, 0.25) is 15.1 Å². The summed E-state index contributed by atoms with van der Waals surface area (Å²) in [6, 6.07) is 11.9. The number of ether oxygens (including phenoxy) is 1. The third-order valence-corrected chi connectivity index (χ3v) is 5.36. The molecule has 0 radical (unpaired) electrons. The standard InChI is InChI=1S/C18H12Cl3NO3S/c19-11-4-6-12(7-5-11)25-9-8-22-17(23)16(26-18(22)24)10-13-14(20)2-1-3-15(13)21/h1-7,10H,8-9H2/b16-10-. The first kappa shape index (κ1) is 19.1. The lowest BCUT2D eigenvalue weighted by molar-refractivity contribution is -0.123. The molecule has 134 valence electrons. The fourth-order valence-corrected chi connectivity index (χ4v) is 3.74. The van der Waals surface area contributed by atoms with Gasteiger partial charge < -0.3 is 4.74 Å². The SMILES string of the molecule is O=C1S/C(=C\c2c(Cl)cccc2Cl)C(=O)N1CCOc1ccc(Cl)cc1. The molecule has 0 saturated carbocycles. The fourth-order valence-electron chi connectivity index (χ4n) is 2.26. The van der Waals surface area contributed by atoms with E-state index in [0.29, 0.717) is 26.4 Å². The molecule has 1 saturated heterocycles. The molecule has 2 aromatic rings. The quantitative estimate of drug-likeness (QED) is 0.568. The molecule has 8 heteroatoms. The molecule has 2 aromatic carbocycles. The van der Waals surface area contributed by atoms with Crippen LogP contribution in [0.15, 0.2) is 47.4 Å². The zero-order valence-electron chi connectivity index (χ0n) is 13.2. The van der Waals surface area contributed by atoms with Crippen LogP contribution in [0, 0.1) is 0 Å². The molecule has 2 amide bonds. The molecule has 1 heterocycles. The van der Waals surface area contributed by atoms with Gasteiger partial charge in [0.1, 0.15) is 12.4 Å². The fraction of sp³-hybridized carbons (Fsp3) is 0.111. The van der Waals surface area contributed by atoms with Crippen molar-refractivity contribution < 1.29 is 14.3 Å². The molecule has 0 aliphatic carbocycles. The van der Waals surface area contributed by atoms with Gasteiger partial charge in [-0.15, -0.1) is 0 Å². The number of nitrogens with zero attached hydrogens (tertiary/aromatic N) is 1. The molecule has 26 heavy (non-hydrogen) atoms. The summed E-state index contributed by atoms with van der Waals surface area (Å²) in [5.41, 5.74) is 0.513. The molecule has 0 bridgehead atoms. The van der Waals surface area contributed by atoms with E-state index in [0.717, 1.165) is 16.7 Å². The van der Waals surface area contributed by atoms with Crippen molar-refractivity contribution in [2.24, 2.45) is 0 Å². The van der Waals surface area contributed by atoms with Gasteiger partial charge in [0.15, 0.2) is 0 Å². The molecule has 1 aliphatic rings. The Kier molecular flexibility index (Phi) is 6.14. The van der Waals surface area contributed by atoms with Crippen LogP contribution in [-0.2, 0) is 4.79 Å². The molecular formula is C18H12Cl3NO3S. The summed E-state index contributed by atoms with van der Waals surface area (Å²) >= 11 is 18.9. The predicted octanol–water partition coefficient (Wildman–Crippen LogP) is 5.76. The number of carbonyl (C=O) groups is 2. The van der Waals surface area contributed by atoms with Crippen molar-refractivity contribution in [1.82, 2.24) is 4.90 Å². The van der Waals surface area contributed by atoms with Gasteiger partial charge in [-0.2, -0.15) is 0 Å². The normalized spacial score (nSPS) is 15.8. The third-order valence-electron chi connectivity index (χ3n) is 3.55. The maximum atomic E-state index is 12.5. The van der Waals surface area contributed by atoms with Crippen molar-refractivity contribution in [2.45, 2.75) is 0 Å². The summed E-state index contributed by atoms with van der Waals surface area (Å²) in [5.74, 6) is 0.218. The number of amides is 2. The number of rotatable bonds is 5. The van der Waals surface area contributed by atoms with Gasteiger partial charge in [0.2, 0.25) is 0 Å². The zero-order valence-corrected chi connectivity index (χ0v) is 16.3. The Balaban J connectivity index is 1.67. The minimum Gasteiger partial charge on any atom is -0.492 e. The van der Waals surface area contributed by atoms with E-state index in [2.05, 4.69) is 0 Å². The smallest absolute Gasteiger partial charge is 0.293 e. The lowest BCUT2D eigenvalue weighted by atomic mass is 10.2. The number of thioether (sulfide) groups is 1. The van der Waals surface area contributed by atoms with Gasteiger partial charge in [0.05, 0.1) is 11.4 Å². The Bertz CT molecular complexity index is 864. The van der Waals surface area contributed by atoms with Gasteiger partial charge in [-0.3, -0.25) is 14.5 Å². The second-order valence-corrected chi connectivity index (χ2v) is 7.52. The highest BCUT2D eigenvalue weighted by molar-refractivity contribution is 8.18. The van der Waals surface area contributed by atoms with Crippen LogP contribution in [0.3, 0.4) is 0 Å². The zero-order chi connectivity index (χ0) is 18.7. The number of benzene rings is 2. The first-order chi connectivity index (χ1) is 12.5. The van der Waals surface area contributed by atoms with Crippen LogP contribution in [0.25, 0.3) is 6.08 Å². The van der Waals surface area contributed by atoms with Crippen molar-refractivity contribution in [2.75, 3.05) is 13.2 Å². The van der Waals surface area contributed by atoms with E-state index in [1.165, 1.54) is 6.08 Å². The Morgan fingerprint density at radius 1 is 1.00 bits per heavy atom. The van der Waals surface area contributed by atoms with Gasteiger partial charge in [-0.1, -0.05) is 40.9 Å². The van der Waals surface area contributed by atoms with Crippen LogP contribution in [0.1, 0.15) is 5.56 Å². The lowest BCUT2D eigenvalue weighted by Gasteiger charge is -2.13. The molecule has 0 N–H and O–H groups in total. The monoisotopic (exact) mass is 427 g/mol. The van der Waals surface area contributed by atoms with Crippen LogP contribution >= 0.6 is 46.6 Å². The highest BCUT2D eigenvalue weighted by atomic mass is 35.5. The van der Waals surface area contributed by atoms with E-state index < -0.39 is 5.91 Å². The number of imide groups is 1. The number of hydrogen-bond donors (Lipinski definition) is 0. The van der Waals surface area contributed by atoms with Gasteiger partial charge in [0, 0.05) is 20.6 Å². The molecule has 1 fully saturated rings. The molecule has 0 unspecified atom stereocenters. The molecule has 0 spiro atoms. The highest BCUT2D eigenvalue weighted by Crippen LogP contribution is 2.35. The van der Waals surface area contributed by atoms with E-state index in [1.807, 2.05) is 0 Å². The Morgan fingerprint density at radius 3 is 2.31 bits per heavy atom. The van der Waals surface area contributed by atoms with Gasteiger partial charge >= 0.3 is 0 Å². The largest absolute Gasteiger partial charge is 0.492 e. The summed E-state index contributed by atoms with van der Waals surface area (Å²) in [7, 11) is 0. The van der Waals surface area contributed by atoms with E-state index in [1.54, 1.807) is 42.5 Å². The summed E-state index contributed by atoms with van der Waals surface area (Å²) in [4.78, 5) is 26.0. The average molecular weight is 429 g/mol. The maximum Gasteiger partial charge on any atom is 0.293 e. The van der Waals surface area contributed by atoms with E-state index >= 15 is 0 Å². The van der Waals surface area contributed by atoms with Gasteiger partial charge in [-0.25, -0.2) is 0 Å². The first-order valence-corrected chi connectivity index (χ1v) is 9.48. The number of hydrogen-bond acceptors (Lipinski definition) is 4. The van der Waals surface area contributed by atoms with E-state index in [4.69, 9.17) is 39.5 Å². The number of halogens is 3. The van der Waals surface area contributed by atoms with Crippen LogP contribution in [0.4, 0.5) is 4.79 Å². The van der Waals surface area contributed by atoms with Crippen molar-refractivity contribution >= 4 is 63.8 Å². The van der Waals surface area contributed by atoms with Crippen LogP contribution in [-0.4, -0.2) is 29.2 Å². The van der Waals surface area contributed by atoms with E-state index in [-0.39, 0.29) is 23.3 Å². The molecule has 0 aromatic heterocycles. The lowest BCUT2D eigenvalue weighted by Crippen LogP contribution is -2.32. The van der Waals surface area contributed by atoms with E-state index in [9.17, 15) is 9.59 Å². The number of carbonyl (C=O) groups excluding carboxylic acids is 2. The van der Waals surface area contributed by atoms with Crippen LogP contribution in [0.5, 0.6) is 5.75 Å². The Labute approximate surface area is 169 Å². The minimum atomic E-state index is -0.393. The van der Waals surface area contributed by atoms with Crippen LogP contribution < -0.4 is 4.74 Å². The predicted molar refractivity (Wildman–Crippen MR) is 106 cm³/mol. The molecule has 3 rings (SSSR count). The third kappa shape index (κ3) is 4.35. The topological polar surface area (TPSA) is 46.6 Å². The summed E-state index contributed by atoms with van der Waals surface area (Å²) in [5, 5.41) is 1.07. The van der Waals surface area contributed by atoms with Crippen molar-refractivity contribution in [1.29, 1.82) is 0 Å². The summed E-state index contributed by atoms with van der Waals surface area (Å²) < 4.78 is 5.54.